The minimum Gasteiger partial charge on any atom is -0.493 e. The molecule has 0 aliphatic rings. The molecule has 4 rings (SSSR count). The second-order valence-corrected chi connectivity index (χ2v) is 6.36. The Labute approximate surface area is 174 Å². The molecule has 2 heterocycles. The molecule has 0 spiro atoms. The summed E-state index contributed by atoms with van der Waals surface area (Å²) in [6.45, 7) is 0. The Morgan fingerprint density at radius 3 is 2.10 bits per heavy atom. The summed E-state index contributed by atoms with van der Waals surface area (Å²) in [7, 11) is 6.32. The van der Waals surface area contributed by atoms with E-state index in [0.717, 1.165) is 16.8 Å². The van der Waals surface area contributed by atoms with Crippen LogP contribution >= 0.6 is 0 Å². The summed E-state index contributed by atoms with van der Waals surface area (Å²) >= 11 is 0. The van der Waals surface area contributed by atoms with Gasteiger partial charge in [-0.2, -0.15) is 4.98 Å². The van der Waals surface area contributed by atoms with E-state index in [9.17, 15) is 0 Å². The maximum atomic E-state index is 5.45. The minimum absolute atomic E-state index is 0.513. The number of methoxy groups -OCH3 is 4. The van der Waals surface area contributed by atoms with Gasteiger partial charge in [-0.05, 0) is 18.2 Å². The lowest BCUT2D eigenvalue weighted by Gasteiger charge is -2.14. The van der Waals surface area contributed by atoms with Crippen LogP contribution in [0.15, 0.2) is 54.6 Å². The van der Waals surface area contributed by atoms with Crippen LogP contribution in [0, 0.1) is 0 Å². The summed E-state index contributed by atoms with van der Waals surface area (Å²) in [5, 5.41) is 8.95. The fourth-order valence-electron chi connectivity index (χ4n) is 3.22. The van der Waals surface area contributed by atoms with E-state index in [1.54, 1.807) is 39.2 Å². The van der Waals surface area contributed by atoms with Crippen molar-refractivity contribution in [3.05, 3.63) is 54.6 Å². The summed E-state index contributed by atoms with van der Waals surface area (Å²) in [5.41, 5.74) is 2.30. The van der Waals surface area contributed by atoms with Gasteiger partial charge in [0, 0.05) is 23.9 Å². The van der Waals surface area contributed by atoms with Crippen LogP contribution in [0.2, 0.25) is 0 Å². The average molecular weight is 406 g/mol. The van der Waals surface area contributed by atoms with Crippen molar-refractivity contribution in [3.63, 3.8) is 0 Å². The van der Waals surface area contributed by atoms with Crippen molar-refractivity contribution < 1.29 is 18.9 Å². The van der Waals surface area contributed by atoms with Crippen molar-refractivity contribution in [2.24, 2.45) is 0 Å². The number of fused-ring (bicyclic) bond motifs is 1. The molecule has 2 aromatic carbocycles. The predicted molar refractivity (Wildman–Crippen MR) is 115 cm³/mol. The molecule has 0 saturated heterocycles. The van der Waals surface area contributed by atoms with Crippen LogP contribution in [0.4, 0.5) is 11.5 Å². The molecular weight excluding hydrogens is 384 g/mol. The molecule has 30 heavy (non-hydrogen) atoms. The molecular formula is C22H22N4O4. The Morgan fingerprint density at radius 1 is 0.800 bits per heavy atom. The van der Waals surface area contributed by atoms with Gasteiger partial charge in [-0.15, -0.1) is 5.10 Å². The van der Waals surface area contributed by atoms with E-state index in [1.807, 2.05) is 48.5 Å². The summed E-state index contributed by atoms with van der Waals surface area (Å²) in [5.74, 6) is 2.77. The van der Waals surface area contributed by atoms with Gasteiger partial charge in [-0.25, -0.2) is 4.68 Å². The highest BCUT2D eigenvalue weighted by atomic mass is 16.5. The number of benzene rings is 2. The highest BCUT2D eigenvalue weighted by molar-refractivity contribution is 5.91. The zero-order valence-electron chi connectivity index (χ0n) is 17.2. The molecule has 0 atom stereocenters. The number of nitrogens with zero attached hydrogens (tertiary/aromatic N) is 3. The number of para-hydroxylation sites is 1. The normalized spacial score (nSPS) is 10.7. The molecule has 0 fully saturated rings. The summed E-state index contributed by atoms with van der Waals surface area (Å²) < 4.78 is 23.4. The standard InChI is InChI=1S/C22H22N4O4/c1-27-17-12-14(13-18(28-2)20(17)30-4)23-21-16-10-11-19(29-3)24-22(16)26(25-21)15-8-6-5-7-9-15/h5-13H,1-4H3,(H,23,25). The van der Waals surface area contributed by atoms with Gasteiger partial charge in [-0.3, -0.25) is 0 Å². The van der Waals surface area contributed by atoms with E-state index in [4.69, 9.17) is 24.0 Å². The second-order valence-electron chi connectivity index (χ2n) is 6.36. The number of ether oxygens (including phenoxy) is 4. The van der Waals surface area contributed by atoms with Crippen LogP contribution in [-0.4, -0.2) is 43.2 Å². The lowest BCUT2D eigenvalue weighted by Crippen LogP contribution is -2.00. The van der Waals surface area contributed by atoms with E-state index in [-0.39, 0.29) is 0 Å². The highest BCUT2D eigenvalue weighted by Crippen LogP contribution is 2.41. The van der Waals surface area contributed by atoms with Crippen molar-refractivity contribution in [1.29, 1.82) is 0 Å². The Kier molecular flexibility index (Phi) is 5.30. The molecule has 4 aromatic rings. The zero-order valence-corrected chi connectivity index (χ0v) is 17.2. The Bertz CT molecular complexity index is 1150. The number of pyridine rings is 1. The summed E-state index contributed by atoms with van der Waals surface area (Å²) in [6, 6.07) is 17.2. The lowest BCUT2D eigenvalue weighted by atomic mass is 10.2. The minimum atomic E-state index is 0.513. The third kappa shape index (κ3) is 3.43. The molecule has 0 aliphatic heterocycles. The van der Waals surface area contributed by atoms with Crippen LogP contribution < -0.4 is 24.3 Å². The van der Waals surface area contributed by atoms with E-state index in [0.29, 0.717) is 34.6 Å². The van der Waals surface area contributed by atoms with Crippen LogP contribution in [0.5, 0.6) is 23.1 Å². The Hall–Kier alpha value is -3.94. The van der Waals surface area contributed by atoms with Gasteiger partial charge >= 0.3 is 0 Å². The molecule has 2 aromatic heterocycles. The summed E-state index contributed by atoms with van der Waals surface area (Å²) in [4.78, 5) is 4.60. The molecule has 0 saturated carbocycles. The first-order valence-electron chi connectivity index (χ1n) is 9.24. The first-order chi connectivity index (χ1) is 14.7. The molecule has 0 bridgehead atoms. The van der Waals surface area contributed by atoms with Gasteiger partial charge in [0.15, 0.2) is 23.0 Å². The van der Waals surface area contributed by atoms with Gasteiger partial charge in [0.2, 0.25) is 11.6 Å². The molecule has 8 heteroatoms. The fourth-order valence-corrected chi connectivity index (χ4v) is 3.22. The number of rotatable bonds is 7. The molecule has 0 unspecified atom stereocenters. The number of nitrogens with one attached hydrogen (secondary N) is 1. The molecule has 8 nitrogen and oxygen atoms in total. The molecule has 154 valence electrons. The fraction of sp³-hybridized carbons (Fsp3) is 0.182. The van der Waals surface area contributed by atoms with Gasteiger partial charge in [0.1, 0.15) is 0 Å². The van der Waals surface area contributed by atoms with Crippen molar-refractivity contribution in [3.8, 4) is 28.8 Å². The van der Waals surface area contributed by atoms with E-state index in [1.165, 1.54) is 0 Å². The molecule has 0 aliphatic carbocycles. The van der Waals surface area contributed by atoms with Crippen molar-refractivity contribution >= 4 is 22.5 Å². The predicted octanol–water partition coefficient (Wildman–Crippen LogP) is 4.20. The number of anilines is 2. The largest absolute Gasteiger partial charge is 0.493 e. The molecule has 0 radical (unpaired) electrons. The smallest absolute Gasteiger partial charge is 0.215 e. The summed E-state index contributed by atoms with van der Waals surface area (Å²) in [6.07, 6.45) is 0. The van der Waals surface area contributed by atoms with Crippen LogP contribution in [-0.2, 0) is 0 Å². The maximum absolute atomic E-state index is 5.45. The third-order valence-corrected chi connectivity index (χ3v) is 4.64. The number of aromatic nitrogens is 3. The molecule has 0 amide bonds. The first-order valence-corrected chi connectivity index (χ1v) is 9.24. The topological polar surface area (TPSA) is 79.7 Å². The number of hydrogen-bond donors (Lipinski definition) is 1. The van der Waals surface area contributed by atoms with Crippen LogP contribution in [0.25, 0.3) is 16.7 Å². The quantitative estimate of drug-likeness (QED) is 0.493. The van der Waals surface area contributed by atoms with Gasteiger partial charge in [0.05, 0.1) is 39.5 Å². The Balaban J connectivity index is 1.84. The second kappa shape index (κ2) is 8.20. The van der Waals surface area contributed by atoms with E-state index < -0.39 is 0 Å². The van der Waals surface area contributed by atoms with Crippen molar-refractivity contribution in [2.45, 2.75) is 0 Å². The average Bonchev–Trinajstić information content (AvgIpc) is 3.16. The van der Waals surface area contributed by atoms with E-state index in [2.05, 4.69) is 10.3 Å². The van der Waals surface area contributed by atoms with Crippen molar-refractivity contribution in [2.75, 3.05) is 33.8 Å². The molecule has 1 N–H and O–H groups in total. The highest BCUT2D eigenvalue weighted by Gasteiger charge is 2.17. The first kappa shape index (κ1) is 19.4. The van der Waals surface area contributed by atoms with Gasteiger partial charge in [-0.1, -0.05) is 18.2 Å². The maximum Gasteiger partial charge on any atom is 0.215 e. The third-order valence-electron chi connectivity index (χ3n) is 4.64. The SMILES string of the molecule is COc1ccc2c(Nc3cc(OC)c(OC)c(OC)c3)nn(-c3ccccc3)c2n1. The Morgan fingerprint density at radius 2 is 1.50 bits per heavy atom. The number of hydrogen-bond acceptors (Lipinski definition) is 7. The van der Waals surface area contributed by atoms with Crippen LogP contribution in [0.3, 0.4) is 0 Å². The van der Waals surface area contributed by atoms with Crippen LogP contribution in [0.1, 0.15) is 0 Å². The van der Waals surface area contributed by atoms with Gasteiger partial charge < -0.3 is 24.3 Å². The van der Waals surface area contributed by atoms with E-state index >= 15 is 0 Å². The monoisotopic (exact) mass is 406 g/mol. The van der Waals surface area contributed by atoms with Crippen molar-refractivity contribution in [1.82, 2.24) is 14.8 Å². The lowest BCUT2D eigenvalue weighted by molar-refractivity contribution is 0.324. The van der Waals surface area contributed by atoms with Gasteiger partial charge in [0.25, 0.3) is 0 Å². The zero-order chi connectivity index (χ0) is 21.1.